The Bertz CT molecular complexity index is 1340. The lowest BCUT2D eigenvalue weighted by molar-refractivity contribution is 0.0575. The molecule has 0 amide bonds. The summed E-state index contributed by atoms with van der Waals surface area (Å²) in [4.78, 5) is 8.20. The van der Waals surface area contributed by atoms with Gasteiger partial charge < -0.3 is 14.2 Å². The van der Waals surface area contributed by atoms with Crippen molar-refractivity contribution in [2.75, 3.05) is 26.1 Å². The quantitative estimate of drug-likeness (QED) is 0.397. The maximum Gasteiger partial charge on any atom is 0.243 e. The van der Waals surface area contributed by atoms with Crippen LogP contribution >= 0.6 is 11.6 Å². The molecule has 37 heavy (non-hydrogen) atoms. The van der Waals surface area contributed by atoms with Gasteiger partial charge >= 0.3 is 0 Å². The number of anilines is 1. The predicted molar refractivity (Wildman–Crippen MR) is 135 cm³/mol. The first-order chi connectivity index (χ1) is 17.5. The lowest BCUT2D eigenvalue weighted by atomic mass is 9.73. The molecule has 1 aliphatic carbocycles. The molecule has 1 aromatic carbocycles. The number of para-hydroxylation sites is 1. The van der Waals surface area contributed by atoms with Crippen LogP contribution in [0.25, 0.3) is 5.69 Å². The number of rotatable bonds is 10. The van der Waals surface area contributed by atoms with Gasteiger partial charge in [0, 0.05) is 25.4 Å². The third kappa shape index (κ3) is 5.34. The summed E-state index contributed by atoms with van der Waals surface area (Å²) in [6.45, 7) is 2.98. The van der Waals surface area contributed by atoms with Gasteiger partial charge in [-0.2, -0.15) is 0 Å². The second-order valence-electron chi connectivity index (χ2n) is 9.01. The number of hydrogen-bond donors (Lipinski definition) is 1. The van der Waals surface area contributed by atoms with Crippen LogP contribution in [0.15, 0.2) is 30.6 Å². The van der Waals surface area contributed by atoms with Crippen LogP contribution in [0, 0.1) is 0 Å². The molecule has 1 aliphatic rings. The van der Waals surface area contributed by atoms with Gasteiger partial charge in [-0.05, 0) is 38.8 Å². The maximum atomic E-state index is 14.4. The molecular formula is C23H28ClFN6O5S. The molecule has 0 radical (unpaired) electrons. The van der Waals surface area contributed by atoms with Crippen molar-refractivity contribution < 1.29 is 27.0 Å². The zero-order valence-electron chi connectivity index (χ0n) is 21.0. The van der Waals surface area contributed by atoms with E-state index in [1.54, 1.807) is 18.2 Å². The van der Waals surface area contributed by atoms with Crippen molar-refractivity contribution in [2.45, 2.75) is 49.6 Å². The molecule has 11 nitrogen and oxygen atoms in total. The van der Waals surface area contributed by atoms with Crippen LogP contribution in [0.1, 0.15) is 50.4 Å². The van der Waals surface area contributed by atoms with E-state index in [-0.39, 0.29) is 30.5 Å². The molecule has 1 fully saturated rings. The van der Waals surface area contributed by atoms with Crippen LogP contribution in [0.3, 0.4) is 0 Å². The summed E-state index contributed by atoms with van der Waals surface area (Å²) in [7, 11) is 0.172. The van der Waals surface area contributed by atoms with Crippen LogP contribution in [0.5, 0.6) is 11.5 Å². The highest BCUT2D eigenvalue weighted by Gasteiger charge is 2.45. The van der Waals surface area contributed by atoms with E-state index in [2.05, 4.69) is 24.9 Å². The largest absolute Gasteiger partial charge is 0.494 e. The Morgan fingerprint density at radius 3 is 2.24 bits per heavy atom. The van der Waals surface area contributed by atoms with Gasteiger partial charge in [0.05, 0.1) is 19.2 Å². The molecule has 0 bridgehead atoms. The second-order valence-corrected chi connectivity index (χ2v) is 11.5. The summed E-state index contributed by atoms with van der Waals surface area (Å²) >= 11 is 5.87. The van der Waals surface area contributed by atoms with Gasteiger partial charge in [-0.15, -0.1) is 10.2 Å². The Kier molecular flexibility index (Phi) is 7.58. The molecule has 0 saturated heterocycles. The minimum absolute atomic E-state index is 0.107. The molecule has 1 N–H and O–H groups in total. The molecular weight excluding hydrogens is 527 g/mol. The highest BCUT2D eigenvalue weighted by atomic mass is 35.5. The molecule has 4 rings (SSSR count). The smallest absolute Gasteiger partial charge is 0.243 e. The second kappa shape index (κ2) is 10.4. The highest BCUT2D eigenvalue weighted by molar-refractivity contribution is 7.93. The lowest BCUT2D eigenvalue weighted by Gasteiger charge is -2.38. The van der Waals surface area contributed by atoms with E-state index in [1.807, 2.05) is 0 Å². The van der Waals surface area contributed by atoms with E-state index in [4.69, 9.17) is 25.8 Å². The predicted octanol–water partition coefficient (Wildman–Crippen LogP) is 3.85. The molecule has 3 aromatic rings. The van der Waals surface area contributed by atoms with Crippen molar-refractivity contribution >= 4 is 27.6 Å². The van der Waals surface area contributed by atoms with Gasteiger partial charge in [0.2, 0.25) is 16.0 Å². The number of sulfonamides is 1. The van der Waals surface area contributed by atoms with Gasteiger partial charge in [-0.25, -0.2) is 22.8 Å². The van der Waals surface area contributed by atoms with Gasteiger partial charge in [0.25, 0.3) is 0 Å². The Morgan fingerprint density at radius 2 is 1.73 bits per heavy atom. The van der Waals surface area contributed by atoms with Crippen molar-refractivity contribution in [3.8, 4) is 17.2 Å². The van der Waals surface area contributed by atoms with Crippen molar-refractivity contribution in [2.24, 2.45) is 0 Å². The number of methoxy groups -OCH3 is 3. The topological polar surface area (TPSA) is 130 Å². The average molecular weight is 555 g/mol. The number of aromatic nitrogens is 5. The molecule has 2 heterocycles. The zero-order valence-corrected chi connectivity index (χ0v) is 22.5. The molecule has 0 unspecified atom stereocenters. The third-order valence-corrected chi connectivity index (χ3v) is 8.21. The van der Waals surface area contributed by atoms with E-state index in [0.717, 1.165) is 0 Å². The SMILES string of the molecule is COc1cccc(OC)c1-n1c(NS(=O)(=O)[C@@H](C)[C@H](OC)c2ncc(Cl)cn2)nnc1[C@H]1C[C@](C)(F)C1. The molecule has 2 aromatic heterocycles. The highest BCUT2D eigenvalue weighted by Crippen LogP contribution is 2.48. The van der Waals surface area contributed by atoms with Crippen molar-refractivity contribution in [3.63, 3.8) is 0 Å². The summed E-state index contributed by atoms with van der Waals surface area (Å²) < 4.78 is 62.0. The Balaban J connectivity index is 1.77. The van der Waals surface area contributed by atoms with Crippen LogP contribution in [-0.2, 0) is 14.8 Å². The summed E-state index contributed by atoms with van der Waals surface area (Å²) in [6.07, 6.45) is 2.13. The number of benzene rings is 1. The number of ether oxygens (including phenoxy) is 3. The first-order valence-electron chi connectivity index (χ1n) is 11.4. The Hall–Kier alpha value is -3.03. The number of halogens is 2. The van der Waals surface area contributed by atoms with E-state index in [1.165, 1.54) is 52.1 Å². The fraction of sp³-hybridized carbons (Fsp3) is 0.478. The van der Waals surface area contributed by atoms with E-state index < -0.39 is 27.0 Å². The number of hydrogen-bond acceptors (Lipinski definition) is 9. The normalized spacial score (nSPS) is 21.1. The number of nitrogens with zero attached hydrogens (tertiary/aromatic N) is 5. The molecule has 0 spiro atoms. The third-order valence-electron chi connectivity index (χ3n) is 6.32. The minimum atomic E-state index is -4.14. The standard InChI is InChI=1S/C23H28ClFN6O5S/c1-13(19(36-5)20-26-11-15(24)12-27-20)37(32,33)30-22-29-28-21(14-9-23(2,25)10-14)31(22)18-16(34-3)7-6-8-17(18)35-4/h6-8,11-14,19H,9-10H2,1-5H3,(H,29,30)/t13-,14-,19-,23-/m0/s1. The van der Waals surface area contributed by atoms with Gasteiger partial charge in [0.1, 0.15) is 40.0 Å². The summed E-state index contributed by atoms with van der Waals surface area (Å²) in [6, 6.07) is 5.12. The number of alkyl halides is 1. The summed E-state index contributed by atoms with van der Waals surface area (Å²) in [5.74, 6) is 0.912. The molecule has 2 atom stereocenters. The van der Waals surface area contributed by atoms with Gasteiger partial charge in [0.15, 0.2) is 5.82 Å². The van der Waals surface area contributed by atoms with Crippen LogP contribution < -0.4 is 14.2 Å². The van der Waals surface area contributed by atoms with E-state index in [9.17, 15) is 12.8 Å². The molecule has 200 valence electrons. The summed E-state index contributed by atoms with van der Waals surface area (Å²) in [5, 5.41) is 7.53. The van der Waals surface area contributed by atoms with Crippen molar-refractivity contribution in [1.29, 1.82) is 0 Å². The fourth-order valence-corrected chi connectivity index (χ4v) is 5.64. The monoisotopic (exact) mass is 554 g/mol. The Labute approximate surface area is 219 Å². The number of nitrogens with one attached hydrogen (secondary N) is 1. The minimum Gasteiger partial charge on any atom is -0.494 e. The molecule has 1 saturated carbocycles. The zero-order chi connectivity index (χ0) is 27.0. The first kappa shape index (κ1) is 27.0. The summed E-state index contributed by atoms with van der Waals surface area (Å²) in [5.41, 5.74) is -0.959. The molecule has 0 aliphatic heterocycles. The lowest BCUT2D eigenvalue weighted by Crippen LogP contribution is -2.36. The van der Waals surface area contributed by atoms with Crippen molar-refractivity contribution in [3.05, 3.63) is 47.3 Å². The molecule has 14 heteroatoms. The van der Waals surface area contributed by atoms with Crippen LogP contribution in [0.4, 0.5) is 10.3 Å². The first-order valence-corrected chi connectivity index (χ1v) is 13.3. The maximum absolute atomic E-state index is 14.4. The average Bonchev–Trinajstić information content (AvgIpc) is 3.25. The van der Waals surface area contributed by atoms with Gasteiger partial charge in [-0.1, -0.05) is 17.7 Å². The van der Waals surface area contributed by atoms with Crippen LogP contribution in [0.2, 0.25) is 5.02 Å². The Morgan fingerprint density at radius 1 is 1.14 bits per heavy atom. The fourth-order valence-electron chi connectivity index (χ4n) is 4.41. The van der Waals surface area contributed by atoms with E-state index in [0.29, 0.717) is 28.0 Å². The van der Waals surface area contributed by atoms with Gasteiger partial charge in [-0.3, -0.25) is 9.29 Å². The van der Waals surface area contributed by atoms with Crippen LogP contribution in [-0.4, -0.2) is 65.4 Å². The van der Waals surface area contributed by atoms with E-state index >= 15 is 0 Å². The van der Waals surface area contributed by atoms with Crippen molar-refractivity contribution in [1.82, 2.24) is 24.7 Å².